The minimum absolute atomic E-state index is 0.176. The van der Waals surface area contributed by atoms with E-state index in [1.54, 1.807) is 15.9 Å². The average molecular weight is 501 g/mol. The van der Waals surface area contributed by atoms with Gasteiger partial charge in [-0.1, -0.05) is 32.1 Å². The van der Waals surface area contributed by atoms with E-state index in [2.05, 4.69) is 6.58 Å². The number of aryl methyl sites for hydroxylation is 2. The first-order chi connectivity index (χ1) is 16.6. The van der Waals surface area contributed by atoms with E-state index in [9.17, 15) is 24.6 Å². The Morgan fingerprint density at radius 2 is 2.06 bits per heavy atom. The Labute approximate surface area is 211 Å². The number of hydrogen-bond donors (Lipinski definition) is 2. The highest BCUT2D eigenvalue weighted by Crippen LogP contribution is 2.66. The number of thioether (sulfide) groups is 1. The summed E-state index contributed by atoms with van der Waals surface area (Å²) in [6.07, 6.45) is 3.49. The number of likely N-dealkylation sites (tertiary alicyclic amines) is 1. The summed E-state index contributed by atoms with van der Waals surface area (Å²) in [5, 5.41) is 20.2. The van der Waals surface area contributed by atoms with E-state index in [0.29, 0.717) is 19.3 Å². The third-order valence-electron chi connectivity index (χ3n) is 7.84. The number of aliphatic hydroxyl groups excluding tert-OH is 1. The Balaban J connectivity index is 1.85. The molecule has 3 saturated heterocycles. The second-order valence-electron chi connectivity index (χ2n) is 10.6. The molecule has 3 heterocycles. The van der Waals surface area contributed by atoms with Gasteiger partial charge in [0.1, 0.15) is 6.04 Å². The Kier molecular flexibility index (Phi) is 7.08. The molecule has 3 aliphatic heterocycles. The molecule has 0 aromatic heterocycles. The van der Waals surface area contributed by atoms with Gasteiger partial charge in [-0.05, 0) is 56.2 Å². The van der Waals surface area contributed by atoms with Crippen LogP contribution in [0.1, 0.15) is 44.2 Å². The molecule has 2 bridgehead atoms. The molecule has 2 amide bonds. The lowest BCUT2D eigenvalue weighted by atomic mass is 9.71. The van der Waals surface area contributed by atoms with Gasteiger partial charge < -0.3 is 20.0 Å². The van der Waals surface area contributed by atoms with Crippen molar-refractivity contribution < 1.29 is 24.6 Å². The highest BCUT2D eigenvalue weighted by atomic mass is 32.2. The van der Waals surface area contributed by atoms with Gasteiger partial charge in [0.2, 0.25) is 5.91 Å². The van der Waals surface area contributed by atoms with Gasteiger partial charge in [-0.3, -0.25) is 14.4 Å². The van der Waals surface area contributed by atoms with Crippen molar-refractivity contribution in [2.45, 2.75) is 69.0 Å². The van der Waals surface area contributed by atoms with E-state index in [1.165, 1.54) is 11.8 Å². The van der Waals surface area contributed by atoms with Crippen molar-refractivity contribution in [2.75, 3.05) is 18.1 Å². The van der Waals surface area contributed by atoms with Gasteiger partial charge >= 0.3 is 5.97 Å². The fraction of sp³-hybridized carbons (Fsp3) is 0.593. The quantitative estimate of drug-likeness (QED) is 0.505. The van der Waals surface area contributed by atoms with Crippen molar-refractivity contribution >= 4 is 35.2 Å². The van der Waals surface area contributed by atoms with Crippen LogP contribution < -0.4 is 4.90 Å². The van der Waals surface area contributed by atoms with Gasteiger partial charge in [-0.15, -0.1) is 18.3 Å². The number of benzene rings is 1. The molecule has 2 N–H and O–H groups in total. The highest BCUT2D eigenvalue weighted by molar-refractivity contribution is 8.02. The summed E-state index contributed by atoms with van der Waals surface area (Å²) in [6.45, 7) is 11.8. The summed E-state index contributed by atoms with van der Waals surface area (Å²) < 4.78 is -0.802. The van der Waals surface area contributed by atoms with Crippen molar-refractivity contribution in [3.05, 3.63) is 42.0 Å². The van der Waals surface area contributed by atoms with Crippen LogP contribution in [-0.2, 0) is 14.4 Å². The molecular formula is C27H36N2O5S. The third-order valence-corrected chi connectivity index (χ3v) is 9.79. The van der Waals surface area contributed by atoms with Crippen molar-refractivity contribution in [1.82, 2.24) is 4.90 Å². The van der Waals surface area contributed by atoms with Crippen LogP contribution in [0.25, 0.3) is 0 Å². The van der Waals surface area contributed by atoms with Crippen LogP contribution >= 0.6 is 11.8 Å². The number of nitrogens with zero attached hydrogens (tertiary/aromatic N) is 2. The number of aliphatic hydroxyl groups is 1. The van der Waals surface area contributed by atoms with E-state index in [1.807, 2.05) is 45.9 Å². The lowest BCUT2D eigenvalue weighted by Crippen LogP contribution is -2.58. The van der Waals surface area contributed by atoms with Crippen molar-refractivity contribution in [2.24, 2.45) is 17.8 Å². The number of rotatable bonds is 9. The van der Waals surface area contributed by atoms with E-state index in [4.69, 9.17) is 0 Å². The first-order valence-electron chi connectivity index (χ1n) is 12.4. The van der Waals surface area contributed by atoms with Gasteiger partial charge in [-0.25, -0.2) is 0 Å². The Morgan fingerprint density at radius 3 is 2.66 bits per heavy atom. The fourth-order valence-corrected chi connectivity index (χ4v) is 8.65. The predicted molar refractivity (Wildman–Crippen MR) is 137 cm³/mol. The molecule has 0 radical (unpaired) electrons. The number of carboxylic acid groups (broad SMARTS) is 1. The summed E-state index contributed by atoms with van der Waals surface area (Å²) in [6, 6.07) is 4.54. The van der Waals surface area contributed by atoms with Crippen molar-refractivity contribution in [3.8, 4) is 0 Å². The lowest BCUT2D eigenvalue weighted by Gasteiger charge is -2.40. The number of carbonyl (C=O) groups excluding carboxylic acids is 2. The zero-order valence-corrected chi connectivity index (χ0v) is 21.8. The topological polar surface area (TPSA) is 98.2 Å². The zero-order chi connectivity index (χ0) is 25.7. The van der Waals surface area contributed by atoms with E-state index < -0.39 is 34.6 Å². The maximum Gasteiger partial charge on any atom is 0.308 e. The smallest absolute Gasteiger partial charge is 0.308 e. The average Bonchev–Trinajstić information content (AvgIpc) is 3.44. The zero-order valence-electron chi connectivity index (χ0n) is 20.9. The van der Waals surface area contributed by atoms with Gasteiger partial charge in [0.25, 0.3) is 5.91 Å². The van der Waals surface area contributed by atoms with E-state index in [-0.39, 0.29) is 36.1 Å². The number of aliphatic carboxylic acids is 1. The van der Waals surface area contributed by atoms with E-state index >= 15 is 0 Å². The molecule has 0 aliphatic carbocycles. The summed E-state index contributed by atoms with van der Waals surface area (Å²) >= 11 is 1.52. The first-order valence-corrected chi connectivity index (χ1v) is 13.3. The molecule has 8 heteroatoms. The molecule has 1 aromatic carbocycles. The fourth-order valence-electron chi connectivity index (χ4n) is 6.46. The highest BCUT2D eigenvalue weighted by Gasteiger charge is 2.74. The van der Waals surface area contributed by atoms with Crippen LogP contribution in [0.2, 0.25) is 0 Å². The molecule has 190 valence electrons. The molecule has 1 spiro atoms. The molecule has 6 atom stereocenters. The van der Waals surface area contributed by atoms with Gasteiger partial charge in [0.05, 0.1) is 29.2 Å². The van der Waals surface area contributed by atoms with Crippen molar-refractivity contribution in [3.63, 3.8) is 0 Å². The standard InChI is InChI=1S/C27H36N2O5S/c1-6-11-28(19-13-16(4)7-8-17(19)5)25(32)23-27-10-9-20(35-27)21(26(33)34)22(27)24(31)29(23)18(14-30)12-15(2)3/h6-8,13,15,18,20-23,30H,1,9-12,14H2,2-5H3,(H,33,34)/t18-,20+,21-,22+,23?,27?/m1/s1. The normalized spacial score (nSPS) is 30.0. The number of hydrogen-bond acceptors (Lipinski definition) is 5. The molecule has 35 heavy (non-hydrogen) atoms. The lowest BCUT2D eigenvalue weighted by molar-refractivity contribution is -0.149. The Bertz CT molecular complexity index is 1040. The van der Waals surface area contributed by atoms with Crippen molar-refractivity contribution in [1.29, 1.82) is 0 Å². The van der Waals surface area contributed by atoms with Crippen LogP contribution in [-0.4, -0.2) is 68.1 Å². The van der Waals surface area contributed by atoms with Crippen LogP contribution in [0.15, 0.2) is 30.9 Å². The summed E-state index contributed by atoms with van der Waals surface area (Å²) in [5.74, 6) is -2.88. The number of fused-ring (bicyclic) bond motifs is 1. The summed E-state index contributed by atoms with van der Waals surface area (Å²) in [5.41, 5.74) is 2.71. The molecular weight excluding hydrogens is 464 g/mol. The maximum absolute atomic E-state index is 14.5. The second-order valence-corrected chi connectivity index (χ2v) is 12.2. The second kappa shape index (κ2) is 9.62. The van der Waals surface area contributed by atoms with Crippen LogP contribution in [0, 0.1) is 31.6 Å². The molecule has 1 aromatic rings. The largest absolute Gasteiger partial charge is 0.481 e. The molecule has 7 nitrogen and oxygen atoms in total. The monoisotopic (exact) mass is 500 g/mol. The Morgan fingerprint density at radius 1 is 1.34 bits per heavy atom. The number of carboxylic acids is 1. The first kappa shape index (κ1) is 25.8. The van der Waals surface area contributed by atoms with Gasteiger partial charge in [-0.2, -0.15) is 0 Å². The maximum atomic E-state index is 14.5. The SMILES string of the molecule is C=CCN(C(=O)C1N([C@@H](CO)CC(C)C)C(=O)[C@@H]2[C@H](C(=O)O)[C@@H]3CCC12S3)c1cc(C)ccc1C. The third kappa shape index (κ3) is 4.08. The summed E-state index contributed by atoms with van der Waals surface area (Å²) in [7, 11) is 0. The van der Waals surface area contributed by atoms with Gasteiger partial charge in [0.15, 0.2) is 0 Å². The van der Waals surface area contributed by atoms with Crippen LogP contribution in [0.3, 0.4) is 0 Å². The molecule has 2 unspecified atom stereocenters. The number of anilines is 1. The van der Waals surface area contributed by atoms with Crippen LogP contribution in [0.5, 0.6) is 0 Å². The van der Waals surface area contributed by atoms with Crippen LogP contribution in [0.4, 0.5) is 5.69 Å². The predicted octanol–water partition coefficient (Wildman–Crippen LogP) is 3.41. The summed E-state index contributed by atoms with van der Waals surface area (Å²) in [4.78, 5) is 44.0. The number of carbonyl (C=O) groups is 3. The molecule has 3 aliphatic rings. The number of amides is 2. The van der Waals surface area contributed by atoms with Gasteiger partial charge in [0, 0.05) is 17.5 Å². The Hall–Kier alpha value is -2.32. The van der Waals surface area contributed by atoms with E-state index in [0.717, 1.165) is 16.8 Å². The molecule has 4 rings (SSSR count). The minimum atomic E-state index is -0.975. The molecule has 3 fully saturated rings. The minimum Gasteiger partial charge on any atom is -0.481 e. The molecule has 0 saturated carbocycles.